The van der Waals surface area contributed by atoms with E-state index in [4.69, 9.17) is 4.74 Å². The average Bonchev–Trinajstić information content (AvgIpc) is 3.13. The zero-order chi connectivity index (χ0) is 17.5. The molecule has 0 unspecified atom stereocenters. The van der Waals surface area contributed by atoms with Crippen LogP contribution >= 0.6 is 11.3 Å². The lowest BCUT2D eigenvalue weighted by atomic mass is 10.1. The first-order valence-corrected chi connectivity index (χ1v) is 9.10. The molecule has 2 heterocycles. The molecule has 0 radical (unpaired) electrons. The Morgan fingerprint density at radius 3 is 2.64 bits per heavy atom. The summed E-state index contributed by atoms with van der Waals surface area (Å²) in [5, 5.41) is 3.11. The summed E-state index contributed by atoms with van der Waals surface area (Å²) < 4.78 is 5.23. The quantitative estimate of drug-likeness (QED) is 0.619. The van der Waals surface area contributed by atoms with Gasteiger partial charge in [-0.3, -0.25) is 4.90 Å². The number of thiazole rings is 1. The number of hydrogen-bond donors (Lipinski definition) is 0. The molecule has 0 bridgehead atoms. The van der Waals surface area contributed by atoms with E-state index in [2.05, 4.69) is 38.9 Å². The molecule has 2 aromatic heterocycles. The van der Waals surface area contributed by atoms with E-state index in [1.54, 1.807) is 18.4 Å². The zero-order valence-corrected chi connectivity index (χ0v) is 15.4. The van der Waals surface area contributed by atoms with Gasteiger partial charge in [0.05, 0.1) is 13.2 Å². The van der Waals surface area contributed by atoms with Crippen molar-refractivity contribution < 1.29 is 4.74 Å². The number of nitrogens with zero attached hydrogens (tertiary/aromatic N) is 4. The number of methoxy groups -OCH3 is 1. The fourth-order valence-corrected chi connectivity index (χ4v) is 3.24. The molecular formula is C19H22N4OS. The van der Waals surface area contributed by atoms with Crippen molar-refractivity contribution in [1.82, 2.24) is 19.9 Å². The first-order valence-electron chi connectivity index (χ1n) is 8.22. The second kappa shape index (κ2) is 8.80. The average molecular weight is 354 g/mol. The molecule has 0 N–H and O–H groups in total. The van der Waals surface area contributed by atoms with Crippen LogP contribution in [0.25, 0.3) is 11.4 Å². The fourth-order valence-electron chi connectivity index (χ4n) is 2.58. The summed E-state index contributed by atoms with van der Waals surface area (Å²) in [7, 11) is 1.72. The number of rotatable bonds is 8. The standard InChI is InChI=1S/C19H22N4OS/c1-15-4-3-5-17(10-15)19-21-11-16(12-22-19)13-23(7-8-24-2)14-18-20-6-9-25-18/h3-6,9-12H,7-8,13-14H2,1-2H3. The second-order valence-electron chi connectivity index (χ2n) is 5.91. The maximum Gasteiger partial charge on any atom is 0.159 e. The molecule has 5 nitrogen and oxygen atoms in total. The lowest BCUT2D eigenvalue weighted by Crippen LogP contribution is -2.26. The lowest BCUT2D eigenvalue weighted by Gasteiger charge is -2.20. The lowest BCUT2D eigenvalue weighted by molar-refractivity contribution is 0.140. The Morgan fingerprint density at radius 1 is 1.12 bits per heavy atom. The van der Waals surface area contributed by atoms with E-state index in [0.29, 0.717) is 6.61 Å². The van der Waals surface area contributed by atoms with E-state index < -0.39 is 0 Å². The monoisotopic (exact) mass is 354 g/mol. The molecule has 1 aromatic carbocycles. The second-order valence-corrected chi connectivity index (χ2v) is 6.89. The summed E-state index contributed by atoms with van der Waals surface area (Å²) in [5.41, 5.74) is 3.34. The molecular weight excluding hydrogens is 332 g/mol. The molecule has 0 aliphatic carbocycles. The third-order valence-corrected chi connectivity index (χ3v) is 4.61. The predicted octanol–water partition coefficient (Wildman–Crippen LogP) is 3.56. The van der Waals surface area contributed by atoms with Crippen molar-refractivity contribution in [1.29, 1.82) is 0 Å². The largest absolute Gasteiger partial charge is 0.383 e. The predicted molar refractivity (Wildman–Crippen MR) is 100 cm³/mol. The first kappa shape index (κ1) is 17.7. The van der Waals surface area contributed by atoms with E-state index in [1.807, 2.05) is 36.1 Å². The highest BCUT2D eigenvalue weighted by atomic mass is 32.1. The first-order chi connectivity index (χ1) is 12.2. The number of aryl methyl sites for hydroxylation is 1. The van der Waals surface area contributed by atoms with Gasteiger partial charge >= 0.3 is 0 Å². The topological polar surface area (TPSA) is 51.1 Å². The van der Waals surface area contributed by atoms with E-state index in [0.717, 1.165) is 41.6 Å². The SMILES string of the molecule is COCCN(Cc1cnc(-c2cccc(C)c2)nc1)Cc1nccs1. The van der Waals surface area contributed by atoms with Crippen LogP contribution in [-0.4, -0.2) is 40.1 Å². The minimum absolute atomic E-state index is 0.688. The zero-order valence-electron chi connectivity index (χ0n) is 14.6. The molecule has 0 spiro atoms. The van der Waals surface area contributed by atoms with E-state index in [1.165, 1.54) is 5.56 Å². The van der Waals surface area contributed by atoms with Crippen molar-refractivity contribution >= 4 is 11.3 Å². The van der Waals surface area contributed by atoms with Crippen molar-refractivity contribution in [3.8, 4) is 11.4 Å². The van der Waals surface area contributed by atoms with Crippen LogP contribution in [0.15, 0.2) is 48.2 Å². The van der Waals surface area contributed by atoms with Gasteiger partial charge in [-0.05, 0) is 13.0 Å². The van der Waals surface area contributed by atoms with E-state index in [-0.39, 0.29) is 0 Å². The molecule has 0 fully saturated rings. The van der Waals surface area contributed by atoms with Crippen molar-refractivity contribution in [2.45, 2.75) is 20.0 Å². The van der Waals surface area contributed by atoms with Crippen LogP contribution in [-0.2, 0) is 17.8 Å². The molecule has 0 aliphatic heterocycles. The Kier molecular flexibility index (Phi) is 6.22. The highest BCUT2D eigenvalue weighted by Gasteiger charge is 2.10. The third kappa shape index (κ3) is 5.16. The molecule has 130 valence electrons. The maximum absolute atomic E-state index is 5.23. The Hall–Kier alpha value is -2.15. The summed E-state index contributed by atoms with van der Waals surface area (Å²) in [4.78, 5) is 15.7. The maximum atomic E-state index is 5.23. The van der Waals surface area contributed by atoms with Gasteiger partial charge in [0.15, 0.2) is 5.82 Å². The van der Waals surface area contributed by atoms with Crippen LogP contribution in [0.2, 0.25) is 0 Å². The minimum Gasteiger partial charge on any atom is -0.383 e. The van der Waals surface area contributed by atoms with Gasteiger partial charge in [0.1, 0.15) is 5.01 Å². The number of hydrogen-bond acceptors (Lipinski definition) is 6. The van der Waals surface area contributed by atoms with Crippen molar-refractivity contribution in [3.63, 3.8) is 0 Å². The van der Waals surface area contributed by atoms with Gasteiger partial charge in [-0.2, -0.15) is 0 Å². The van der Waals surface area contributed by atoms with E-state index in [9.17, 15) is 0 Å². The van der Waals surface area contributed by atoms with Crippen molar-refractivity contribution in [3.05, 3.63) is 64.4 Å². The van der Waals surface area contributed by atoms with Crippen LogP contribution in [0.4, 0.5) is 0 Å². The summed E-state index contributed by atoms with van der Waals surface area (Å²) in [6, 6.07) is 8.24. The van der Waals surface area contributed by atoms with Crippen LogP contribution in [0.1, 0.15) is 16.1 Å². The van der Waals surface area contributed by atoms with Crippen LogP contribution in [0.5, 0.6) is 0 Å². The molecule has 3 rings (SSSR count). The highest BCUT2D eigenvalue weighted by molar-refractivity contribution is 7.09. The Morgan fingerprint density at radius 2 is 1.96 bits per heavy atom. The summed E-state index contributed by atoms with van der Waals surface area (Å²) in [5.74, 6) is 0.760. The van der Waals surface area contributed by atoms with Gasteiger partial charge in [-0.25, -0.2) is 15.0 Å². The van der Waals surface area contributed by atoms with Gasteiger partial charge in [0.2, 0.25) is 0 Å². The van der Waals surface area contributed by atoms with Crippen LogP contribution in [0, 0.1) is 6.92 Å². The van der Waals surface area contributed by atoms with Crippen molar-refractivity contribution in [2.24, 2.45) is 0 Å². The van der Waals surface area contributed by atoms with Crippen LogP contribution in [0.3, 0.4) is 0 Å². The highest BCUT2D eigenvalue weighted by Crippen LogP contribution is 2.17. The molecule has 3 aromatic rings. The summed E-state index contributed by atoms with van der Waals surface area (Å²) in [6.07, 6.45) is 5.66. The normalized spacial score (nSPS) is 11.2. The Bertz CT molecular complexity index is 774. The molecule has 25 heavy (non-hydrogen) atoms. The summed E-state index contributed by atoms with van der Waals surface area (Å²) in [6.45, 7) is 5.19. The number of aromatic nitrogens is 3. The Balaban J connectivity index is 1.69. The molecule has 0 atom stereocenters. The van der Waals surface area contributed by atoms with Crippen molar-refractivity contribution in [2.75, 3.05) is 20.3 Å². The fraction of sp³-hybridized carbons (Fsp3) is 0.316. The number of benzene rings is 1. The molecule has 0 amide bonds. The Labute approximate surface area is 152 Å². The van der Waals surface area contributed by atoms with Gasteiger partial charge in [-0.15, -0.1) is 11.3 Å². The van der Waals surface area contributed by atoms with Gasteiger partial charge in [0, 0.05) is 55.3 Å². The minimum atomic E-state index is 0.688. The summed E-state index contributed by atoms with van der Waals surface area (Å²) >= 11 is 1.67. The molecule has 0 aliphatic rings. The third-order valence-electron chi connectivity index (χ3n) is 3.84. The van der Waals surface area contributed by atoms with E-state index >= 15 is 0 Å². The van der Waals surface area contributed by atoms with Gasteiger partial charge in [-0.1, -0.05) is 23.8 Å². The molecule has 0 saturated heterocycles. The molecule has 6 heteroatoms. The molecule has 0 saturated carbocycles. The smallest absolute Gasteiger partial charge is 0.159 e. The van der Waals surface area contributed by atoms with Crippen LogP contribution < -0.4 is 0 Å². The van der Waals surface area contributed by atoms with Gasteiger partial charge in [0.25, 0.3) is 0 Å². The number of ether oxygens (including phenoxy) is 1. The van der Waals surface area contributed by atoms with Gasteiger partial charge < -0.3 is 4.74 Å².